The summed E-state index contributed by atoms with van der Waals surface area (Å²) in [5.74, 6) is 1.21. The van der Waals surface area contributed by atoms with E-state index in [1.165, 1.54) is 7.11 Å². The van der Waals surface area contributed by atoms with Gasteiger partial charge in [-0.25, -0.2) is 9.37 Å². The summed E-state index contributed by atoms with van der Waals surface area (Å²) in [6, 6.07) is 15.6. The maximum absolute atomic E-state index is 14.6. The van der Waals surface area contributed by atoms with Crippen LogP contribution in [0.5, 0.6) is 17.2 Å². The summed E-state index contributed by atoms with van der Waals surface area (Å²) in [6.07, 6.45) is 1.48. The zero-order chi connectivity index (χ0) is 20.7. The number of carbonyl (C=O) groups is 1. The van der Waals surface area contributed by atoms with E-state index in [4.69, 9.17) is 14.2 Å². The number of halogens is 1. The highest BCUT2D eigenvalue weighted by Gasteiger charge is 2.51. The molecule has 6 nitrogen and oxygen atoms in total. The molecule has 3 aromatic rings. The van der Waals surface area contributed by atoms with Crippen molar-refractivity contribution in [1.82, 2.24) is 4.98 Å². The van der Waals surface area contributed by atoms with Crippen molar-refractivity contribution in [2.45, 2.75) is 18.3 Å². The second-order valence-corrected chi connectivity index (χ2v) is 7.33. The van der Waals surface area contributed by atoms with Crippen LogP contribution in [0.3, 0.4) is 0 Å². The molecular formula is C23H21FN2O4. The molecule has 2 heterocycles. The molecule has 0 bridgehead atoms. The molecule has 1 N–H and O–H groups in total. The molecule has 0 atom stereocenters. The standard InChI is InChI=1S/C23H19FN2O4.H2/c1-28-18-6-2-4-15(21(18)24)16-5-3-7-20(25-16)26-22(27)23(10-11-23)14-8-9-17-19(12-14)30-13-29-17;/h2-9,12H,10-11,13H2,1H3,(H,25,26,27);1H. The van der Waals surface area contributed by atoms with E-state index in [-0.39, 0.29) is 19.9 Å². The van der Waals surface area contributed by atoms with Crippen LogP contribution in [0.25, 0.3) is 11.3 Å². The quantitative estimate of drug-likeness (QED) is 0.671. The van der Waals surface area contributed by atoms with Crippen LogP contribution in [0.2, 0.25) is 0 Å². The molecule has 1 aliphatic carbocycles. The second-order valence-electron chi connectivity index (χ2n) is 7.33. The van der Waals surface area contributed by atoms with Crippen LogP contribution in [0.1, 0.15) is 19.8 Å². The Kier molecular flexibility index (Phi) is 4.31. The molecule has 7 heteroatoms. The zero-order valence-electron chi connectivity index (χ0n) is 16.3. The monoisotopic (exact) mass is 408 g/mol. The first-order chi connectivity index (χ1) is 14.6. The highest BCUT2D eigenvalue weighted by atomic mass is 19.1. The number of nitrogens with one attached hydrogen (secondary N) is 1. The lowest BCUT2D eigenvalue weighted by molar-refractivity contribution is -0.118. The lowest BCUT2D eigenvalue weighted by Gasteiger charge is -2.16. The van der Waals surface area contributed by atoms with Gasteiger partial charge in [-0.05, 0) is 54.8 Å². The Bertz CT molecular complexity index is 1150. The van der Waals surface area contributed by atoms with Gasteiger partial charge in [0.25, 0.3) is 0 Å². The Hall–Kier alpha value is -3.61. The fourth-order valence-corrected chi connectivity index (χ4v) is 3.72. The van der Waals surface area contributed by atoms with Gasteiger partial charge >= 0.3 is 0 Å². The molecule has 1 saturated carbocycles. The van der Waals surface area contributed by atoms with E-state index >= 15 is 0 Å². The van der Waals surface area contributed by atoms with E-state index in [9.17, 15) is 9.18 Å². The molecule has 1 amide bonds. The molecule has 1 aliphatic heterocycles. The number of rotatable bonds is 5. The summed E-state index contributed by atoms with van der Waals surface area (Å²) in [7, 11) is 1.41. The van der Waals surface area contributed by atoms with Crippen LogP contribution in [-0.4, -0.2) is 24.8 Å². The number of nitrogens with zero attached hydrogens (tertiary/aromatic N) is 1. The Morgan fingerprint density at radius 3 is 2.73 bits per heavy atom. The lowest BCUT2D eigenvalue weighted by Crippen LogP contribution is -2.28. The molecule has 5 rings (SSSR count). The summed E-state index contributed by atoms with van der Waals surface area (Å²) in [4.78, 5) is 17.5. The van der Waals surface area contributed by atoms with Gasteiger partial charge in [0.05, 0.1) is 18.2 Å². The van der Waals surface area contributed by atoms with E-state index in [1.807, 2.05) is 18.2 Å². The fraction of sp³-hybridized carbons (Fsp3) is 0.217. The zero-order valence-corrected chi connectivity index (χ0v) is 16.3. The van der Waals surface area contributed by atoms with E-state index < -0.39 is 11.2 Å². The van der Waals surface area contributed by atoms with Gasteiger partial charge in [0, 0.05) is 6.99 Å². The van der Waals surface area contributed by atoms with E-state index in [2.05, 4.69) is 10.3 Å². The number of ether oxygens (including phenoxy) is 3. The normalized spacial score (nSPS) is 15.5. The molecule has 0 radical (unpaired) electrons. The molecule has 30 heavy (non-hydrogen) atoms. The van der Waals surface area contributed by atoms with Crippen molar-refractivity contribution in [3.63, 3.8) is 0 Å². The first kappa shape index (κ1) is 18.4. The third kappa shape index (κ3) is 3.03. The topological polar surface area (TPSA) is 69.7 Å². The summed E-state index contributed by atoms with van der Waals surface area (Å²) in [6.45, 7) is 0.190. The number of methoxy groups -OCH3 is 1. The maximum atomic E-state index is 14.6. The number of hydrogen-bond donors (Lipinski definition) is 1. The Morgan fingerprint density at radius 1 is 1.13 bits per heavy atom. The molecule has 2 aliphatic rings. The van der Waals surface area contributed by atoms with Crippen molar-refractivity contribution in [1.29, 1.82) is 0 Å². The van der Waals surface area contributed by atoms with E-state index in [1.54, 1.807) is 36.4 Å². The molecule has 2 aromatic carbocycles. The van der Waals surface area contributed by atoms with Crippen molar-refractivity contribution in [3.8, 4) is 28.5 Å². The smallest absolute Gasteiger partial charge is 0.236 e. The minimum absolute atomic E-state index is 0. The molecular weight excluding hydrogens is 387 g/mol. The third-order valence-corrected chi connectivity index (χ3v) is 5.56. The van der Waals surface area contributed by atoms with Gasteiger partial charge in [-0.2, -0.15) is 0 Å². The SMILES string of the molecule is COc1cccc(-c2cccc(NC(=O)C3(c4ccc5c(c4)OCO5)CC3)n2)c1F.[HH]. The number of benzene rings is 2. The van der Waals surface area contributed by atoms with Crippen LogP contribution >= 0.6 is 0 Å². The van der Waals surface area contributed by atoms with E-state index in [0.717, 1.165) is 18.4 Å². The van der Waals surface area contributed by atoms with Gasteiger partial charge < -0.3 is 19.5 Å². The Labute approximate surface area is 174 Å². The Balaban J connectivity index is 0.00000231. The minimum atomic E-state index is -0.611. The van der Waals surface area contributed by atoms with Crippen molar-refractivity contribution in [2.24, 2.45) is 0 Å². The number of fused-ring (bicyclic) bond motifs is 1. The van der Waals surface area contributed by atoms with Crippen LogP contribution in [0.15, 0.2) is 54.6 Å². The van der Waals surface area contributed by atoms with Crippen LogP contribution in [0, 0.1) is 5.82 Å². The number of pyridine rings is 1. The fourth-order valence-electron chi connectivity index (χ4n) is 3.72. The molecule has 0 spiro atoms. The largest absolute Gasteiger partial charge is 0.494 e. The summed E-state index contributed by atoms with van der Waals surface area (Å²) in [5, 5.41) is 2.89. The van der Waals surface area contributed by atoms with Crippen LogP contribution in [0.4, 0.5) is 10.2 Å². The number of anilines is 1. The van der Waals surface area contributed by atoms with E-state index in [0.29, 0.717) is 28.6 Å². The van der Waals surface area contributed by atoms with Crippen molar-refractivity contribution < 1.29 is 24.8 Å². The van der Waals surface area contributed by atoms with Gasteiger partial charge in [-0.15, -0.1) is 0 Å². The van der Waals surface area contributed by atoms with Gasteiger partial charge in [0.2, 0.25) is 12.7 Å². The Morgan fingerprint density at radius 2 is 1.93 bits per heavy atom. The number of hydrogen-bond acceptors (Lipinski definition) is 5. The second kappa shape index (κ2) is 7.02. The van der Waals surface area contributed by atoms with Crippen LogP contribution < -0.4 is 19.5 Å². The predicted octanol–water partition coefficient (Wildman–Crippen LogP) is 4.54. The summed E-state index contributed by atoms with van der Waals surface area (Å²) in [5.41, 5.74) is 0.999. The average Bonchev–Trinajstić information content (AvgIpc) is 3.45. The van der Waals surface area contributed by atoms with Crippen molar-refractivity contribution >= 4 is 11.7 Å². The first-order valence-electron chi connectivity index (χ1n) is 9.62. The van der Waals surface area contributed by atoms with Crippen molar-refractivity contribution in [3.05, 3.63) is 66.0 Å². The summed E-state index contributed by atoms with van der Waals surface area (Å²) >= 11 is 0. The molecule has 0 unspecified atom stereocenters. The highest BCUT2D eigenvalue weighted by molar-refractivity contribution is 6.01. The van der Waals surface area contributed by atoms with Crippen LogP contribution in [-0.2, 0) is 10.2 Å². The minimum Gasteiger partial charge on any atom is -0.494 e. The molecule has 1 aromatic heterocycles. The van der Waals surface area contributed by atoms with Gasteiger partial charge in [0.1, 0.15) is 5.82 Å². The predicted molar refractivity (Wildman–Crippen MR) is 110 cm³/mol. The number of aromatic nitrogens is 1. The highest BCUT2D eigenvalue weighted by Crippen LogP contribution is 2.51. The third-order valence-electron chi connectivity index (χ3n) is 5.56. The maximum Gasteiger partial charge on any atom is 0.236 e. The first-order valence-corrected chi connectivity index (χ1v) is 9.62. The number of amides is 1. The molecule has 154 valence electrons. The average molecular weight is 408 g/mol. The number of carbonyl (C=O) groups excluding carboxylic acids is 1. The molecule has 0 saturated heterocycles. The lowest BCUT2D eigenvalue weighted by atomic mass is 9.94. The molecule has 1 fully saturated rings. The van der Waals surface area contributed by atoms with Gasteiger partial charge in [-0.3, -0.25) is 4.79 Å². The van der Waals surface area contributed by atoms with Crippen molar-refractivity contribution in [2.75, 3.05) is 19.2 Å². The van der Waals surface area contributed by atoms with Gasteiger partial charge in [-0.1, -0.05) is 18.2 Å². The van der Waals surface area contributed by atoms with Gasteiger partial charge in [0.15, 0.2) is 23.1 Å². The summed E-state index contributed by atoms with van der Waals surface area (Å²) < 4.78 is 30.4.